The number of benzene rings is 1. The van der Waals surface area contributed by atoms with E-state index >= 15 is 0 Å². The third kappa shape index (κ3) is 6.72. The number of Topliss-reactive ketones (excluding diaryl/α,β-unsaturated/α-hetero) is 1. The number of nitrogens with one attached hydrogen (secondary N) is 2. The minimum absolute atomic E-state index is 0.00180. The molecule has 0 aliphatic heterocycles. The molecule has 0 aromatic heterocycles. The Bertz CT molecular complexity index is 1950. The summed E-state index contributed by atoms with van der Waals surface area (Å²) in [5.41, 5.74) is -0.442. The number of carbonyl (C=O) groups is 4. The van der Waals surface area contributed by atoms with Gasteiger partial charge >= 0.3 is 11.9 Å². The number of likely N-dealkylation sites (N-methyl/N-ethyl adjacent to an activating group) is 1. The van der Waals surface area contributed by atoms with Crippen molar-refractivity contribution >= 4 is 23.6 Å². The van der Waals surface area contributed by atoms with Crippen LogP contribution in [0.25, 0.3) is 0 Å². The average Bonchev–Trinajstić information content (AvgIpc) is 3.46. The molecule has 0 bridgehead atoms. The Labute approximate surface area is 367 Å². The molecule has 338 valence electrons. The van der Waals surface area contributed by atoms with Gasteiger partial charge in [0.2, 0.25) is 5.91 Å². The summed E-state index contributed by atoms with van der Waals surface area (Å²) in [7, 11) is 4.06. The molecule has 9 nitrogen and oxygen atoms in total. The summed E-state index contributed by atoms with van der Waals surface area (Å²) in [6, 6.07) is 9.68. The molecule has 6 aliphatic rings. The molecule has 1 amide bonds. The first-order valence-electron chi connectivity index (χ1n) is 23.7. The van der Waals surface area contributed by atoms with Crippen molar-refractivity contribution < 1.29 is 29.0 Å². The molecule has 0 heterocycles. The van der Waals surface area contributed by atoms with Crippen LogP contribution >= 0.6 is 0 Å². The number of nitrogens with zero attached hydrogens (tertiary/aromatic N) is 1. The highest BCUT2D eigenvalue weighted by atomic mass is 16.5. The van der Waals surface area contributed by atoms with Gasteiger partial charge in [0, 0.05) is 19.5 Å². The molecule has 61 heavy (non-hydrogen) atoms. The number of carboxylic acids is 1. The molecule has 3 N–H and O–H groups in total. The van der Waals surface area contributed by atoms with Gasteiger partial charge in [0.15, 0.2) is 5.78 Å². The molecule has 5 fully saturated rings. The van der Waals surface area contributed by atoms with E-state index in [0.29, 0.717) is 31.2 Å². The summed E-state index contributed by atoms with van der Waals surface area (Å²) < 4.78 is 5.84. The van der Waals surface area contributed by atoms with Crippen LogP contribution < -0.4 is 10.6 Å². The van der Waals surface area contributed by atoms with Gasteiger partial charge in [-0.1, -0.05) is 92.6 Å². The van der Waals surface area contributed by atoms with Gasteiger partial charge in [-0.05, 0) is 159 Å². The number of hydrogen-bond donors (Lipinski definition) is 3. The van der Waals surface area contributed by atoms with Crippen LogP contribution in [0.4, 0.5) is 0 Å². The molecule has 5 saturated carbocycles. The number of ketones is 1. The highest BCUT2D eigenvalue weighted by Crippen LogP contribution is 2.79. The third-order valence-corrected chi connectivity index (χ3v) is 19.5. The second-order valence-corrected chi connectivity index (χ2v) is 23.8. The summed E-state index contributed by atoms with van der Waals surface area (Å²) >= 11 is 0. The molecule has 0 spiro atoms. The Morgan fingerprint density at radius 2 is 1.52 bits per heavy atom. The van der Waals surface area contributed by atoms with E-state index in [1.807, 2.05) is 72.1 Å². The zero-order valence-electron chi connectivity index (χ0n) is 40.0. The van der Waals surface area contributed by atoms with E-state index in [1.165, 1.54) is 5.57 Å². The first kappa shape index (κ1) is 46.0. The van der Waals surface area contributed by atoms with Crippen molar-refractivity contribution in [3.8, 4) is 0 Å². The molecule has 0 saturated heterocycles. The van der Waals surface area contributed by atoms with Crippen LogP contribution in [0.2, 0.25) is 0 Å². The maximum absolute atomic E-state index is 14.3. The second kappa shape index (κ2) is 15.3. The first-order chi connectivity index (χ1) is 28.3. The summed E-state index contributed by atoms with van der Waals surface area (Å²) in [5.74, 6) is -0.405. The standard InChI is InChI=1S/C52H79N3O6/c1-32(2)40-36(56)30-51(54-43(58)47(7,8)53-27-28-55(12)13)26-25-49(10)34(41(40)51)19-20-39-48(9)23-21-38(45(3,4)37(48)22-24-50(39,49)11)52(44(59)60)29-35(46(52,5)6)42(57)61-31-33-17-15-14-16-18-33/h14-18,32,34-35,37-39,53H,19-31H2,1-13H3,(H,54,58)(H,59,60)/t34-,35+,37-,38+,39-,48-,49-,50-,51-,52-/m1/s1. The SMILES string of the molecule is CC(C)C1=C2[C@H]3CC[C@@H]4[C@]5(C)CC[C@H]([C@@]6(C(=O)O)C[C@@H](C(=O)OCc7ccccc7)C6(C)C)C(C)(C)[C@H]5CC[C@@]4(C)[C@]3(C)CC[C@@]2(NC(=O)C(C)(C)NCCN(C)C)CC1=O. The van der Waals surface area contributed by atoms with E-state index in [9.17, 15) is 24.3 Å². The lowest BCUT2D eigenvalue weighted by atomic mass is 9.30. The molecule has 9 heteroatoms. The molecular formula is C52H79N3O6. The molecule has 0 unspecified atom stereocenters. The smallest absolute Gasteiger partial charge is 0.310 e. The van der Waals surface area contributed by atoms with Gasteiger partial charge in [0.1, 0.15) is 6.61 Å². The molecule has 7 rings (SSSR count). The van der Waals surface area contributed by atoms with Crippen molar-refractivity contribution in [3.05, 3.63) is 47.0 Å². The van der Waals surface area contributed by atoms with Crippen LogP contribution in [0.3, 0.4) is 0 Å². The Morgan fingerprint density at radius 1 is 0.869 bits per heavy atom. The van der Waals surface area contributed by atoms with E-state index in [4.69, 9.17) is 4.74 Å². The quantitative estimate of drug-likeness (QED) is 0.178. The topological polar surface area (TPSA) is 125 Å². The van der Waals surface area contributed by atoms with Crippen molar-refractivity contribution in [2.75, 3.05) is 27.2 Å². The van der Waals surface area contributed by atoms with Gasteiger partial charge in [-0.3, -0.25) is 19.2 Å². The molecule has 6 aliphatic carbocycles. The summed E-state index contributed by atoms with van der Waals surface area (Å²) in [4.78, 5) is 58.0. The highest BCUT2D eigenvalue weighted by Gasteiger charge is 2.76. The number of fused-ring (bicyclic) bond motifs is 7. The molecule has 0 radical (unpaired) electrons. The van der Waals surface area contributed by atoms with E-state index in [1.54, 1.807) is 0 Å². The van der Waals surface area contributed by atoms with Crippen LogP contribution in [0, 0.1) is 68.0 Å². The van der Waals surface area contributed by atoms with Gasteiger partial charge in [-0.15, -0.1) is 0 Å². The van der Waals surface area contributed by atoms with Crippen LogP contribution in [0.5, 0.6) is 0 Å². The van der Waals surface area contributed by atoms with Crippen LogP contribution in [-0.4, -0.2) is 71.9 Å². The predicted octanol–water partition coefficient (Wildman–Crippen LogP) is 9.24. The Morgan fingerprint density at radius 3 is 2.13 bits per heavy atom. The second-order valence-electron chi connectivity index (χ2n) is 23.8. The maximum atomic E-state index is 14.3. The van der Waals surface area contributed by atoms with Crippen molar-refractivity contribution in [1.82, 2.24) is 15.5 Å². The van der Waals surface area contributed by atoms with E-state index in [0.717, 1.165) is 69.0 Å². The molecule has 1 aromatic carbocycles. The van der Waals surface area contributed by atoms with E-state index in [-0.39, 0.29) is 63.7 Å². The summed E-state index contributed by atoms with van der Waals surface area (Å²) in [6.45, 7) is 26.3. The number of allylic oxidation sites excluding steroid dienone is 1. The van der Waals surface area contributed by atoms with Crippen LogP contribution in [0.1, 0.15) is 146 Å². The minimum Gasteiger partial charge on any atom is -0.481 e. The van der Waals surface area contributed by atoms with Gasteiger partial charge in [0.05, 0.1) is 22.4 Å². The fourth-order valence-electron chi connectivity index (χ4n) is 16.0. The normalized spacial score (nSPS) is 38.8. The fraction of sp³-hybridized carbons (Fsp3) is 0.769. The third-order valence-electron chi connectivity index (χ3n) is 19.5. The number of esters is 1. The highest BCUT2D eigenvalue weighted by molar-refractivity contribution is 6.02. The lowest BCUT2D eigenvalue weighted by molar-refractivity contribution is -0.261. The van der Waals surface area contributed by atoms with Crippen LogP contribution in [-0.2, 0) is 30.5 Å². The average molecular weight is 842 g/mol. The number of carboxylic acid groups (broad SMARTS) is 1. The zero-order valence-corrected chi connectivity index (χ0v) is 40.0. The molecule has 10 atom stereocenters. The van der Waals surface area contributed by atoms with Gasteiger partial charge < -0.3 is 25.4 Å². The van der Waals surface area contributed by atoms with E-state index in [2.05, 4.69) is 64.0 Å². The Hall–Kier alpha value is -3.04. The van der Waals surface area contributed by atoms with Crippen LogP contribution in [0.15, 0.2) is 41.5 Å². The van der Waals surface area contributed by atoms with Gasteiger partial charge in [-0.25, -0.2) is 0 Å². The van der Waals surface area contributed by atoms with Gasteiger partial charge in [-0.2, -0.15) is 0 Å². The number of hydrogen-bond acceptors (Lipinski definition) is 7. The predicted molar refractivity (Wildman–Crippen MR) is 240 cm³/mol. The number of rotatable bonds is 12. The molecular weight excluding hydrogens is 763 g/mol. The van der Waals surface area contributed by atoms with Crippen molar-refractivity contribution in [2.45, 2.75) is 158 Å². The summed E-state index contributed by atoms with van der Waals surface area (Å²) in [5, 5.41) is 18.4. The van der Waals surface area contributed by atoms with E-state index < -0.39 is 33.8 Å². The lowest BCUT2D eigenvalue weighted by Crippen LogP contribution is -2.71. The Balaban J connectivity index is 1.15. The zero-order chi connectivity index (χ0) is 44.9. The largest absolute Gasteiger partial charge is 0.481 e. The monoisotopic (exact) mass is 842 g/mol. The molecule has 1 aromatic rings. The van der Waals surface area contributed by atoms with Gasteiger partial charge in [0.25, 0.3) is 0 Å². The number of carbonyl (C=O) groups excluding carboxylic acids is 3. The summed E-state index contributed by atoms with van der Waals surface area (Å²) in [6.07, 6.45) is 8.29. The maximum Gasteiger partial charge on any atom is 0.310 e. The van der Waals surface area contributed by atoms with Crippen molar-refractivity contribution in [3.63, 3.8) is 0 Å². The first-order valence-corrected chi connectivity index (χ1v) is 23.7. The Kier molecular flexibility index (Phi) is 11.5. The lowest BCUT2D eigenvalue weighted by Gasteiger charge is -2.74. The number of ether oxygens (including phenoxy) is 1. The number of amides is 1. The minimum atomic E-state index is -1.03. The fourth-order valence-corrected chi connectivity index (χ4v) is 16.0. The van der Waals surface area contributed by atoms with Crippen molar-refractivity contribution in [2.24, 2.45) is 68.0 Å². The van der Waals surface area contributed by atoms with Crippen molar-refractivity contribution in [1.29, 1.82) is 0 Å². The number of aliphatic carboxylic acids is 1.